The van der Waals surface area contributed by atoms with E-state index in [-0.39, 0.29) is 0 Å². The first kappa shape index (κ1) is 11.5. The molecule has 0 spiro atoms. The van der Waals surface area contributed by atoms with Crippen molar-refractivity contribution < 1.29 is 8.42 Å². The summed E-state index contributed by atoms with van der Waals surface area (Å²) in [5.41, 5.74) is 3.01. The van der Waals surface area contributed by atoms with Gasteiger partial charge in [-0.3, -0.25) is 0 Å². The van der Waals surface area contributed by atoms with Crippen molar-refractivity contribution in [3.8, 4) is 0 Å². The topological polar surface area (TPSA) is 34.1 Å². The lowest BCUT2D eigenvalue weighted by Gasteiger charge is -2.21. The zero-order valence-corrected chi connectivity index (χ0v) is 11.0. The number of fused-ring (bicyclic) bond motifs is 2. The van der Waals surface area contributed by atoms with Gasteiger partial charge in [0.1, 0.15) is 0 Å². The van der Waals surface area contributed by atoms with E-state index < -0.39 is 9.84 Å². The molecule has 18 heavy (non-hydrogen) atoms. The largest absolute Gasteiger partial charge is 0.218 e. The fourth-order valence-electron chi connectivity index (χ4n) is 2.62. The molecule has 1 heterocycles. The molecule has 3 heteroatoms. The van der Waals surface area contributed by atoms with Crippen LogP contribution < -0.4 is 0 Å². The highest BCUT2D eigenvalue weighted by Gasteiger charge is 2.29. The fraction of sp³-hybridized carbons (Fsp3) is 0.200. The van der Waals surface area contributed by atoms with E-state index in [1.165, 1.54) is 0 Å². The van der Waals surface area contributed by atoms with Crippen LogP contribution in [0.5, 0.6) is 0 Å². The van der Waals surface area contributed by atoms with Gasteiger partial charge in [-0.15, -0.1) is 0 Å². The van der Waals surface area contributed by atoms with Crippen molar-refractivity contribution in [2.45, 2.75) is 29.6 Å². The molecule has 92 valence electrons. The minimum Gasteiger partial charge on any atom is -0.218 e. The first-order valence-corrected chi connectivity index (χ1v) is 7.56. The lowest BCUT2D eigenvalue weighted by Crippen LogP contribution is -2.16. The van der Waals surface area contributed by atoms with Crippen molar-refractivity contribution in [3.05, 3.63) is 59.2 Å². The van der Waals surface area contributed by atoms with Crippen LogP contribution in [0.1, 0.15) is 23.6 Å². The van der Waals surface area contributed by atoms with Gasteiger partial charge in [-0.2, -0.15) is 0 Å². The quantitative estimate of drug-likeness (QED) is 0.672. The van der Waals surface area contributed by atoms with Gasteiger partial charge >= 0.3 is 0 Å². The molecule has 2 nitrogen and oxygen atoms in total. The van der Waals surface area contributed by atoms with Gasteiger partial charge < -0.3 is 0 Å². The molecule has 2 aromatic carbocycles. The number of hydrogen-bond donors (Lipinski definition) is 0. The molecule has 0 radical (unpaired) electrons. The molecule has 0 saturated carbocycles. The van der Waals surface area contributed by atoms with E-state index >= 15 is 0 Å². The Bertz CT molecular complexity index is 715. The Labute approximate surface area is 107 Å². The summed E-state index contributed by atoms with van der Waals surface area (Å²) in [5, 5.41) is 0. The van der Waals surface area contributed by atoms with Crippen LogP contribution in [0.25, 0.3) is 0 Å². The number of benzene rings is 2. The van der Waals surface area contributed by atoms with E-state index in [0.29, 0.717) is 9.79 Å². The summed E-state index contributed by atoms with van der Waals surface area (Å²) in [6.45, 7) is 2.06. The first-order chi connectivity index (χ1) is 8.64. The van der Waals surface area contributed by atoms with Crippen molar-refractivity contribution in [2.24, 2.45) is 0 Å². The predicted octanol–water partition coefficient (Wildman–Crippen LogP) is 2.99. The Morgan fingerprint density at radius 1 is 1.00 bits per heavy atom. The average molecular weight is 258 g/mol. The average Bonchev–Trinajstić information content (AvgIpc) is 2.38. The molecule has 0 aromatic heterocycles. The number of sulfone groups is 1. The SMILES string of the molecule is CCc1cccc2c1Cc1ccccc1S2(=O)=O. The molecule has 0 bridgehead atoms. The third-order valence-corrected chi connectivity index (χ3v) is 5.47. The van der Waals surface area contributed by atoms with Crippen molar-refractivity contribution in [1.29, 1.82) is 0 Å². The summed E-state index contributed by atoms with van der Waals surface area (Å²) in [6, 6.07) is 12.9. The van der Waals surface area contributed by atoms with E-state index in [0.717, 1.165) is 29.5 Å². The zero-order valence-electron chi connectivity index (χ0n) is 10.2. The van der Waals surface area contributed by atoms with Crippen LogP contribution >= 0.6 is 0 Å². The molecule has 0 atom stereocenters. The highest BCUT2D eigenvalue weighted by molar-refractivity contribution is 7.91. The lowest BCUT2D eigenvalue weighted by molar-refractivity contribution is 0.591. The van der Waals surface area contributed by atoms with Gasteiger partial charge in [0, 0.05) is 6.42 Å². The van der Waals surface area contributed by atoms with Crippen LogP contribution in [0.2, 0.25) is 0 Å². The van der Waals surface area contributed by atoms with Crippen LogP contribution in [0.15, 0.2) is 52.3 Å². The Balaban J connectivity index is 2.35. The second-order valence-corrected chi connectivity index (χ2v) is 6.42. The number of rotatable bonds is 1. The van der Waals surface area contributed by atoms with Crippen molar-refractivity contribution in [2.75, 3.05) is 0 Å². The summed E-state index contributed by atoms with van der Waals surface area (Å²) in [6.07, 6.45) is 1.58. The van der Waals surface area contributed by atoms with E-state index in [1.807, 2.05) is 24.3 Å². The van der Waals surface area contributed by atoms with Gasteiger partial charge in [0.25, 0.3) is 0 Å². The Hall–Kier alpha value is -1.61. The molecule has 0 amide bonds. The molecule has 0 unspecified atom stereocenters. The van der Waals surface area contributed by atoms with Gasteiger partial charge in [0.15, 0.2) is 0 Å². The normalized spacial score (nSPS) is 15.8. The van der Waals surface area contributed by atoms with Crippen molar-refractivity contribution in [3.63, 3.8) is 0 Å². The van der Waals surface area contributed by atoms with Crippen molar-refractivity contribution in [1.82, 2.24) is 0 Å². The molecular formula is C15H14O2S. The molecule has 3 rings (SSSR count). The second-order valence-electron chi connectivity index (χ2n) is 4.54. The van der Waals surface area contributed by atoms with Crippen LogP contribution in [0.4, 0.5) is 0 Å². The minimum absolute atomic E-state index is 0.464. The number of aryl methyl sites for hydroxylation is 1. The van der Waals surface area contributed by atoms with Crippen LogP contribution in [0, 0.1) is 0 Å². The Morgan fingerprint density at radius 2 is 1.72 bits per heavy atom. The van der Waals surface area contributed by atoms with Gasteiger partial charge in [-0.05, 0) is 35.2 Å². The van der Waals surface area contributed by atoms with E-state index in [4.69, 9.17) is 0 Å². The smallest absolute Gasteiger partial charge is 0.207 e. The van der Waals surface area contributed by atoms with E-state index in [2.05, 4.69) is 6.92 Å². The zero-order chi connectivity index (χ0) is 12.8. The third-order valence-electron chi connectivity index (χ3n) is 3.53. The van der Waals surface area contributed by atoms with Crippen molar-refractivity contribution >= 4 is 9.84 Å². The maximum Gasteiger partial charge on any atom is 0.207 e. The number of hydrogen-bond acceptors (Lipinski definition) is 2. The van der Waals surface area contributed by atoms with Gasteiger partial charge in [-0.1, -0.05) is 37.3 Å². The summed E-state index contributed by atoms with van der Waals surface area (Å²) < 4.78 is 25.1. The van der Waals surface area contributed by atoms with Gasteiger partial charge in [-0.25, -0.2) is 8.42 Å². The molecule has 0 N–H and O–H groups in total. The van der Waals surface area contributed by atoms with E-state index in [9.17, 15) is 8.42 Å². The van der Waals surface area contributed by atoms with Gasteiger partial charge in [0.2, 0.25) is 9.84 Å². The summed E-state index contributed by atoms with van der Waals surface area (Å²) in [7, 11) is -3.33. The lowest BCUT2D eigenvalue weighted by atomic mass is 9.98. The Morgan fingerprint density at radius 3 is 2.50 bits per heavy atom. The summed E-state index contributed by atoms with van der Waals surface area (Å²) >= 11 is 0. The molecule has 0 fully saturated rings. The Kier molecular flexibility index (Phi) is 2.52. The molecule has 1 aliphatic heterocycles. The van der Waals surface area contributed by atoms with Gasteiger partial charge in [0.05, 0.1) is 9.79 Å². The minimum atomic E-state index is -3.33. The molecule has 0 saturated heterocycles. The monoisotopic (exact) mass is 258 g/mol. The molecule has 0 aliphatic carbocycles. The fourth-order valence-corrected chi connectivity index (χ4v) is 4.38. The van der Waals surface area contributed by atoms with Crippen LogP contribution in [0.3, 0.4) is 0 Å². The second kappa shape index (κ2) is 3.95. The van der Waals surface area contributed by atoms with Crippen LogP contribution in [-0.4, -0.2) is 8.42 Å². The maximum absolute atomic E-state index is 12.6. The standard InChI is InChI=1S/C15H14O2S/c1-2-11-7-5-9-15-13(11)10-12-6-3-4-8-14(12)18(15,16)17/h3-9H,2,10H2,1H3. The highest BCUT2D eigenvalue weighted by Crippen LogP contribution is 2.35. The molecular weight excluding hydrogens is 244 g/mol. The third kappa shape index (κ3) is 1.51. The highest BCUT2D eigenvalue weighted by atomic mass is 32.2. The predicted molar refractivity (Wildman–Crippen MR) is 70.5 cm³/mol. The first-order valence-electron chi connectivity index (χ1n) is 6.08. The molecule has 2 aromatic rings. The summed E-state index contributed by atoms with van der Waals surface area (Å²) in [4.78, 5) is 0.950. The summed E-state index contributed by atoms with van der Waals surface area (Å²) in [5.74, 6) is 0. The maximum atomic E-state index is 12.6. The molecule has 1 aliphatic rings. The van der Waals surface area contributed by atoms with E-state index in [1.54, 1.807) is 18.2 Å². The van der Waals surface area contributed by atoms with Crippen LogP contribution in [-0.2, 0) is 22.7 Å².